The van der Waals surface area contributed by atoms with E-state index in [1.54, 1.807) is 0 Å². The second-order valence-electron chi connectivity index (χ2n) is 2.73. The Morgan fingerprint density at radius 3 is 2.31 bits per heavy atom. The molecule has 1 aromatic rings. The molecule has 1 fully saturated rings. The third kappa shape index (κ3) is 2.83. The molecular weight excluding hydrogens is 164 g/mol. The van der Waals surface area contributed by atoms with Crippen LogP contribution in [0.15, 0.2) is 30.3 Å². The Hall–Kier alpha value is -0.860. The summed E-state index contributed by atoms with van der Waals surface area (Å²) in [6, 6.07) is 9.59. The van der Waals surface area contributed by atoms with Gasteiger partial charge in [-0.3, -0.25) is 0 Å². The fourth-order valence-electron chi connectivity index (χ4n) is 1.10. The van der Waals surface area contributed by atoms with Gasteiger partial charge in [0.25, 0.3) is 0 Å². The van der Waals surface area contributed by atoms with Crippen LogP contribution in [-0.4, -0.2) is 17.8 Å². The van der Waals surface area contributed by atoms with E-state index in [1.807, 2.05) is 44.2 Å². The van der Waals surface area contributed by atoms with Crippen molar-refractivity contribution < 1.29 is 9.84 Å². The second kappa shape index (κ2) is 5.00. The van der Waals surface area contributed by atoms with E-state index in [9.17, 15) is 5.11 Å². The maximum absolute atomic E-state index is 9.54. The summed E-state index contributed by atoms with van der Waals surface area (Å²) in [5.74, 6) is 0. The first kappa shape index (κ1) is 10.2. The van der Waals surface area contributed by atoms with Crippen molar-refractivity contribution in [1.29, 1.82) is 0 Å². The standard InChI is InChI=1S/C9H10O2.C2H6/c10-9(8-6-11-8)7-4-2-1-3-5-7;1-2/h1-5,8-10H,6H2;1-2H3. The molecule has 2 unspecified atom stereocenters. The molecule has 1 aromatic carbocycles. The molecule has 1 saturated heterocycles. The number of hydrogen-bond acceptors (Lipinski definition) is 2. The summed E-state index contributed by atoms with van der Waals surface area (Å²) in [4.78, 5) is 0. The molecule has 0 aromatic heterocycles. The van der Waals surface area contributed by atoms with Gasteiger partial charge < -0.3 is 9.84 Å². The normalized spacial score (nSPS) is 21.3. The van der Waals surface area contributed by atoms with E-state index in [-0.39, 0.29) is 6.10 Å². The van der Waals surface area contributed by atoms with Crippen LogP contribution in [-0.2, 0) is 4.74 Å². The number of epoxide rings is 1. The van der Waals surface area contributed by atoms with Crippen molar-refractivity contribution in [2.45, 2.75) is 26.1 Å². The average Bonchev–Trinajstić information content (AvgIpc) is 3.05. The van der Waals surface area contributed by atoms with Gasteiger partial charge >= 0.3 is 0 Å². The number of rotatable bonds is 2. The Balaban J connectivity index is 0.000000396. The maximum Gasteiger partial charge on any atom is 0.111 e. The van der Waals surface area contributed by atoms with Crippen molar-refractivity contribution >= 4 is 0 Å². The highest BCUT2D eigenvalue weighted by Gasteiger charge is 2.31. The lowest BCUT2D eigenvalue weighted by Crippen LogP contribution is -2.03. The number of ether oxygens (including phenoxy) is 1. The molecule has 0 spiro atoms. The zero-order valence-electron chi connectivity index (χ0n) is 8.10. The molecule has 2 heteroatoms. The summed E-state index contributed by atoms with van der Waals surface area (Å²) in [5, 5.41) is 9.54. The predicted molar refractivity (Wildman–Crippen MR) is 52.5 cm³/mol. The summed E-state index contributed by atoms with van der Waals surface area (Å²) in [6.45, 7) is 4.69. The van der Waals surface area contributed by atoms with E-state index in [1.165, 1.54) is 0 Å². The van der Waals surface area contributed by atoms with Gasteiger partial charge in [-0.25, -0.2) is 0 Å². The molecule has 13 heavy (non-hydrogen) atoms. The van der Waals surface area contributed by atoms with Crippen molar-refractivity contribution in [3.8, 4) is 0 Å². The lowest BCUT2D eigenvalue weighted by atomic mass is 10.1. The van der Waals surface area contributed by atoms with Crippen LogP contribution >= 0.6 is 0 Å². The van der Waals surface area contributed by atoms with Gasteiger partial charge in [0.05, 0.1) is 6.61 Å². The number of hydrogen-bond donors (Lipinski definition) is 1. The van der Waals surface area contributed by atoms with Gasteiger partial charge in [0.15, 0.2) is 0 Å². The van der Waals surface area contributed by atoms with Gasteiger partial charge in [-0.15, -0.1) is 0 Å². The van der Waals surface area contributed by atoms with Crippen LogP contribution in [0.4, 0.5) is 0 Å². The molecule has 0 radical (unpaired) electrons. The SMILES string of the molecule is CC.OC(c1ccccc1)C1CO1. The van der Waals surface area contributed by atoms with E-state index in [2.05, 4.69) is 0 Å². The summed E-state index contributed by atoms with van der Waals surface area (Å²) in [7, 11) is 0. The van der Waals surface area contributed by atoms with Crippen LogP contribution in [0.1, 0.15) is 25.5 Å². The average molecular weight is 180 g/mol. The van der Waals surface area contributed by atoms with Gasteiger partial charge in [0, 0.05) is 0 Å². The van der Waals surface area contributed by atoms with Crippen molar-refractivity contribution in [1.82, 2.24) is 0 Å². The Kier molecular flexibility index (Phi) is 3.93. The molecule has 1 aliphatic rings. The number of benzene rings is 1. The molecule has 0 amide bonds. The quantitative estimate of drug-likeness (QED) is 0.707. The first-order chi connectivity index (χ1) is 6.38. The van der Waals surface area contributed by atoms with E-state index in [4.69, 9.17) is 4.74 Å². The van der Waals surface area contributed by atoms with E-state index in [0.717, 1.165) is 5.56 Å². The fraction of sp³-hybridized carbons (Fsp3) is 0.455. The molecule has 1 aliphatic heterocycles. The van der Waals surface area contributed by atoms with Crippen LogP contribution in [0.5, 0.6) is 0 Å². The van der Waals surface area contributed by atoms with Crippen molar-refractivity contribution in [3.05, 3.63) is 35.9 Å². The molecule has 2 nitrogen and oxygen atoms in total. The van der Waals surface area contributed by atoms with Crippen LogP contribution < -0.4 is 0 Å². The van der Waals surface area contributed by atoms with Gasteiger partial charge in [-0.05, 0) is 5.56 Å². The van der Waals surface area contributed by atoms with E-state index < -0.39 is 6.10 Å². The molecule has 2 atom stereocenters. The first-order valence-corrected chi connectivity index (χ1v) is 4.72. The predicted octanol–water partition coefficient (Wildman–Crippen LogP) is 2.14. The third-order valence-electron chi connectivity index (χ3n) is 1.85. The highest BCUT2D eigenvalue weighted by Crippen LogP contribution is 2.26. The summed E-state index contributed by atoms with van der Waals surface area (Å²) < 4.78 is 4.97. The first-order valence-electron chi connectivity index (χ1n) is 4.72. The van der Waals surface area contributed by atoms with Crippen LogP contribution in [0.25, 0.3) is 0 Å². The van der Waals surface area contributed by atoms with Crippen LogP contribution in [0, 0.1) is 0 Å². The van der Waals surface area contributed by atoms with Gasteiger partial charge in [-0.1, -0.05) is 44.2 Å². The lowest BCUT2D eigenvalue weighted by molar-refractivity contribution is 0.137. The van der Waals surface area contributed by atoms with Crippen LogP contribution in [0.2, 0.25) is 0 Å². The highest BCUT2D eigenvalue weighted by molar-refractivity contribution is 5.19. The van der Waals surface area contributed by atoms with E-state index in [0.29, 0.717) is 6.61 Å². The van der Waals surface area contributed by atoms with Crippen molar-refractivity contribution in [2.24, 2.45) is 0 Å². The van der Waals surface area contributed by atoms with Crippen molar-refractivity contribution in [2.75, 3.05) is 6.61 Å². The number of aliphatic hydroxyl groups is 1. The maximum atomic E-state index is 9.54. The number of aliphatic hydroxyl groups excluding tert-OH is 1. The Bertz CT molecular complexity index is 229. The summed E-state index contributed by atoms with van der Waals surface area (Å²) in [6.07, 6.45) is -0.395. The van der Waals surface area contributed by atoms with Gasteiger partial charge in [-0.2, -0.15) is 0 Å². The molecular formula is C11H16O2. The molecule has 0 aliphatic carbocycles. The molecule has 1 heterocycles. The fourth-order valence-corrected chi connectivity index (χ4v) is 1.10. The van der Waals surface area contributed by atoms with Crippen molar-refractivity contribution in [3.63, 3.8) is 0 Å². The van der Waals surface area contributed by atoms with Gasteiger partial charge in [0.1, 0.15) is 12.2 Å². The molecule has 0 saturated carbocycles. The van der Waals surface area contributed by atoms with E-state index >= 15 is 0 Å². The Morgan fingerprint density at radius 2 is 1.85 bits per heavy atom. The lowest BCUT2D eigenvalue weighted by Gasteiger charge is -2.05. The monoisotopic (exact) mass is 180 g/mol. The summed E-state index contributed by atoms with van der Waals surface area (Å²) >= 11 is 0. The molecule has 2 rings (SSSR count). The molecule has 72 valence electrons. The smallest absolute Gasteiger partial charge is 0.111 e. The van der Waals surface area contributed by atoms with Crippen LogP contribution in [0.3, 0.4) is 0 Å². The summed E-state index contributed by atoms with van der Waals surface area (Å²) in [5.41, 5.74) is 0.940. The van der Waals surface area contributed by atoms with Gasteiger partial charge in [0.2, 0.25) is 0 Å². The second-order valence-corrected chi connectivity index (χ2v) is 2.73. The zero-order valence-corrected chi connectivity index (χ0v) is 8.10. The topological polar surface area (TPSA) is 32.8 Å². The minimum Gasteiger partial charge on any atom is -0.386 e. The largest absolute Gasteiger partial charge is 0.386 e. The minimum atomic E-state index is -0.434. The molecule has 0 bridgehead atoms. The molecule has 1 N–H and O–H groups in total. The minimum absolute atomic E-state index is 0.0393. The third-order valence-corrected chi connectivity index (χ3v) is 1.85. The highest BCUT2D eigenvalue weighted by atomic mass is 16.6. The Morgan fingerprint density at radius 1 is 1.31 bits per heavy atom. The Labute approximate surface area is 79.2 Å². The zero-order chi connectivity index (χ0) is 9.68.